The van der Waals surface area contributed by atoms with E-state index in [1.165, 1.54) is 0 Å². The molecule has 0 amide bonds. The van der Waals surface area contributed by atoms with Gasteiger partial charge in [-0.15, -0.1) is 0 Å². The molecule has 0 aliphatic rings. The Bertz CT molecular complexity index is 566. The van der Waals surface area contributed by atoms with Crippen LogP contribution in [0.3, 0.4) is 0 Å². The fraction of sp³-hybridized carbons (Fsp3) is 0.680. The lowest BCUT2D eigenvalue weighted by atomic mass is 10.3. The minimum absolute atomic E-state index is 0.219. The van der Waals surface area contributed by atoms with Crippen molar-refractivity contribution < 1.29 is 27.2 Å². The molecule has 0 heterocycles. The lowest BCUT2D eigenvalue weighted by Crippen LogP contribution is -2.08. The van der Waals surface area contributed by atoms with Crippen LogP contribution in [0.2, 0.25) is 0 Å². The Morgan fingerprint density at radius 2 is 0.697 bits per heavy atom. The molecular weight excluding hydrogens is 458 g/mol. The molecular formula is C25H46O6P2. The SMILES string of the molecule is CC/C=C/CCOP(=O)(CP(=O)(OCC/C=C/CC)OCC/C=C/CC)OCC/C=C/CC. The van der Waals surface area contributed by atoms with Crippen molar-refractivity contribution in [2.45, 2.75) is 79.1 Å². The monoisotopic (exact) mass is 504 g/mol. The standard InChI is InChI=1S/C25H46O6P2/c1-5-9-13-17-21-28-32(26,29-22-18-14-10-6-2)25-33(27,30-23-19-15-11-7-3)31-24-20-16-12-8-4/h9-16H,5-8,17-25H2,1-4H3/b13-9+,14-10+,15-11+,16-12+. The van der Waals surface area contributed by atoms with Gasteiger partial charge in [0, 0.05) is 0 Å². The highest BCUT2D eigenvalue weighted by Crippen LogP contribution is 2.64. The molecule has 8 heteroatoms. The van der Waals surface area contributed by atoms with Crippen molar-refractivity contribution in [1.82, 2.24) is 0 Å². The highest BCUT2D eigenvalue weighted by Gasteiger charge is 2.38. The topological polar surface area (TPSA) is 71.1 Å². The molecule has 0 spiro atoms. The van der Waals surface area contributed by atoms with Gasteiger partial charge >= 0.3 is 15.2 Å². The summed E-state index contributed by atoms with van der Waals surface area (Å²) in [4.78, 5) is 0. The zero-order valence-corrected chi connectivity index (χ0v) is 22.9. The Morgan fingerprint density at radius 1 is 0.455 bits per heavy atom. The molecule has 0 aliphatic heterocycles. The lowest BCUT2D eigenvalue weighted by Gasteiger charge is -2.24. The summed E-state index contributed by atoms with van der Waals surface area (Å²) in [7, 11) is -7.36. The first-order valence-corrected chi connectivity index (χ1v) is 15.8. The van der Waals surface area contributed by atoms with Crippen LogP contribution in [0, 0.1) is 0 Å². The zero-order chi connectivity index (χ0) is 24.7. The van der Waals surface area contributed by atoms with Crippen molar-refractivity contribution in [3.63, 3.8) is 0 Å². The van der Waals surface area contributed by atoms with Gasteiger partial charge in [-0.05, 0) is 51.4 Å². The Hall–Kier alpha value is -0.740. The molecule has 0 saturated carbocycles. The Morgan fingerprint density at radius 3 is 0.909 bits per heavy atom. The third-order valence-electron chi connectivity index (χ3n) is 4.25. The van der Waals surface area contributed by atoms with Crippen molar-refractivity contribution in [3.05, 3.63) is 48.6 Å². The summed E-state index contributed by atoms with van der Waals surface area (Å²) < 4.78 is 49.7. The summed E-state index contributed by atoms with van der Waals surface area (Å²) in [6, 6.07) is 0. The first-order valence-electron chi connectivity index (χ1n) is 12.3. The molecule has 0 fully saturated rings. The first-order chi connectivity index (χ1) is 15.9. The molecule has 192 valence electrons. The normalized spacial score (nSPS) is 13.5. The van der Waals surface area contributed by atoms with E-state index in [4.69, 9.17) is 18.1 Å². The minimum atomic E-state index is -3.68. The van der Waals surface area contributed by atoms with Crippen LogP contribution in [0.1, 0.15) is 79.1 Å². The molecule has 0 aromatic carbocycles. The number of hydrogen-bond acceptors (Lipinski definition) is 6. The highest BCUT2D eigenvalue weighted by atomic mass is 31.2. The molecule has 0 atom stereocenters. The smallest absolute Gasteiger partial charge is 0.308 e. The summed E-state index contributed by atoms with van der Waals surface area (Å²) in [5, 5.41) is 0. The average molecular weight is 505 g/mol. The number of allylic oxidation sites excluding steroid dienone is 4. The quantitative estimate of drug-likeness (QED) is 0.0833. The molecule has 0 unspecified atom stereocenters. The average Bonchev–Trinajstić information content (AvgIpc) is 2.78. The van der Waals surface area contributed by atoms with Crippen LogP contribution < -0.4 is 0 Å². The summed E-state index contributed by atoms with van der Waals surface area (Å²) in [6.07, 6.45) is 22.1. The summed E-state index contributed by atoms with van der Waals surface area (Å²) in [6.45, 7) is 9.07. The van der Waals surface area contributed by atoms with Gasteiger partial charge < -0.3 is 18.1 Å². The third kappa shape index (κ3) is 19.3. The molecule has 33 heavy (non-hydrogen) atoms. The zero-order valence-electron chi connectivity index (χ0n) is 21.2. The molecule has 0 radical (unpaired) electrons. The van der Waals surface area contributed by atoms with Crippen molar-refractivity contribution in [2.24, 2.45) is 0 Å². The molecule has 0 aromatic rings. The molecule has 0 N–H and O–H groups in total. The van der Waals surface area contributed by atoms with Crippen LogP contribution >= 0.6 is 15.2 Å². The molecule has 0 bridgehead atoms. The van der Waals surface area contributed by atoms with Gasteiger partial charge in [-0.25, -0.2) is 0 Å². The van der Waals surface area contributed by atoms with Gasteiger partial charge in [0.25, 0.3) is 0 Å². The van der Waals surface area contributed by atoms with E-state index in [1.807, 2.05) is 76.3 Å². The first kappa shape index (κ1) is 32.3. The fourth-order valence-corrected chi connectivity index (χ4v) is 7.31. The third-order valence-corrected chi connectivity index (χ3v) is 9.32. The van der Waals surface area contributed by atoms with Crippen LogP contribution in [-0.4, -0.2) is 32.3 Å². The maximum atomic E-state index is 13.5. The molecule has 0 aromatic heterocycles. The van der Waals surface area contributed by atoms with Crippen molar-refractivity contribution >= 4 is 15.2 Å². The second-order valence-corrected chi connectivity index (χ2v) is 12.0. The number of rotatable bonds is 22. The van der Waals surface area contributed by atoms with Gasteiger partial charge in [-0.3, -0.25) is 9.13 Å². The van der Waals surface area contributed by atoms with E-state index in [9.17, 15) is 9.13 Å². The van der Waals surface area contributed by atoms with E-state index in [-0.39, 0.29) is 32.3 Å². The highest BCUT2D eigenvalue weighted by molar-refractivity contribution is 7.71. The van der Waals surface area contributed by atoms with Crippen molar-refractivity contribution in [1.29, 1.82) is 0 Å². The van der Waals surface area contributed by atoms with Crippen LogP contribution in [-0.2, 0) is 27.2 Å². The van der Waals surface area contributed by atoms with Crippen LogP contribution in [0.4, 0.5) is 0 Å². The molecule has 0 aliphatic carbocycles. The van der Waals surface area contributed by atoms with E-state index < -0.39 is 15.2 Å². The van der Waals surface area contributed by atoms with E-state index in [0.29, 0.717) is 25.7 Å². The van der Waals surface area contributed by atoms with Gasteiger partial charge in [-0.1, -0.05) is 76.3 Å². The minimum Gasteiger partial charge on any atom is -0.308 e. The van der Waals surface area contributed by atoms with Gasteiger partial charge in [0.1, 0.15) is 0 Å². The summed E-state index contributed by atoms with van der Waals surface area (Å²) in [5.74, 6) is -0.385. The Kier molecular flexibility index (Phi) is 21.3. The molecule has 0 saturated heterocycles. The van der Waals surface area contributed by atoms with E-state index in [2.05, 4.69) is 0 Å². The summed E-state index contributed by atoms with van der Waals surface area (Å²) >= 11 is 0. The number of hydrogen-bond donors (Lipinski definition) is 0. The van der Waals surface area contributed by atoms with Crippen molar-refractivity contribution in [3.8, 4) is 0 Å². The Labute approximate surface area is 202 Å². The van der Waals surface area contributed by atoms with Crippen molar-refractivity contribution in [2.75, 3.05) is 32.3 Å². The van der Waals surface area contributed by atoms with Crippen LogP contribution in [0.25, 0.3) is 0 Å². The van der Waals surface area contributed by atoms with Gasteiger partial charge in [-0.2, -0.15) is 0 Å². The van der Waals surface area contributed by atoms with Gasteiger partial charge in [0.05, 0.1) is 26.4 Å². The Balaban J connectivity index is 5.27. The molecule has 6 nitrogen and oxygen atoms in total. The predicted octanol–water partition coefficient (Wildman–Crippen LogP) is 8.82. The van der Waals surface area contributed by atoms with Crippen LogP contribution in [0.5, 0.6) is 0 Å². The largest absolute Gasteiger partial charge is 0.342 e. The molecule has 0 rings (SSSR count). The lowest BCUT2D eigenvalue weighted by molar-refractivity contribution is 0.196. The van der Waals surface area contributed by atoms with Gasteiger partial charge in [0.15, 0.2) is 5.90 Å². The summed E-state index contributed by atoms with van der Waals surface area (Å²) in [5.41, 5.74) is 0. The fourth-order valence-electron chi connectivity index (χ4n) is 2.63. The van der Waals surface area contributed by atoms with Gasteiger partial charge in [0.2, 0.25) is 0 Å². The van der Waals surface area contributed by atoms with E-state index in [1.54, 1.807) is 0 Å². The maximum absolute atomic E-state index is 13.5. The predicted molar refractivity (Wildman–Crippen MR) is 140 cm³/mol. The maximum Gasteiger partial charge on any atom is 0.342 e. The second kappa shape index (κ2) is 21.8. The second-order valence-electron chi connectivity index (χ2n) is 7.37. The van der Waals surface area contributed by atoms with E-state index >= 15 is 0 Å². The van der Waals surface area contributed by atoms with Crippen LogP contribution in [0.15, 0.2) is 48.6 Å². The van der Waals surface area contributed by atoms with E-state index in [0.717, 1.165) is 25.7 Å².